The van der Waals surface area contributed by atoms with E-state index >= 15 is 0 Å². The molecule has 1 fully saturated rings. The van der Waals surface area contributed by atoms with E-state index in [4.69, 9.17) is 11.6 Å². The van der Waals surface area contributed by atoms with Gasteiger partial charge in [0.05, 0.1) is 16.4 Å². The lowest BCUT2D eigenvalue weighted by Gasteiger charge is -2.11. The molecule has 1 atom stereocenters. The molecule has 1 N–H and O–H groups in total. The molecule has 1 saturated heterocycles. The highest BCUT2D eigenvalue weighted by atomic mass is 35.5. The fourth-order valence-corrected chi connectivity index (χ4v) is 2.52. The first-order valence-electron chi connectivity index (χ1n) is 6.40. The van der Waals surface area contributed by atoms with Gasteiger partial charge in [-0.3, -0.25) is 4.98 Å². The Bertz CT molecular complexity index is 594. The molecular formula is C15H14ClFN2. The van der Waals surface area contributed by atoms with Crippen molar-refractivity contribution >= 4 is 11.6 Å². The van der Waals surface area contributed by atoms with Crippen LogP contribution in [0.5, 0.6) is 0 Å². The largest absolute Gasteiger partial charge is 0.309 e. The Hall–Kier alpha value is -1.45. The third kappa shape index (κ3) is 2.62. The minimum absolute atomic E-state index is 0.136. The summed E-state index contributed by atoms with van der Waals surface area (Å²) in [6.45, 7) is 1.03. The highest BCUT2D eigenvalue weighted by Gasteiger charge is 2.17. The Kier molecular flexibility index (Phi) is 3.49. The molecule has 0 saturated carbocycles. The third-order valence-electron chi connectivity index (χ3n) is 3.40. The van der Waals surface area contributed by atoms with Crippen LogP contribution in [0.3, 0.4) is 0 Å². The minimum atomic E-state index is -0.412. The molecule has 0 amide bonds. The molecule has 2 heterocycles. The van der Waals surface area contributed by atoms with E-state index in [9.17, 15) is 4.39 Å². The van der Waals surface area contributed by atoms with Crippen LogP contribution in [0.4, 0.5) is 4.39 Å². The fourth-order valence-electron chi connectivity index (χ4n) is 2.40. The van der Waals surface area contributed by atoms with E-state index in [0.717, 1.165) is 29.9 Å². The number of hydrogen-bond donors (Lipinski definition) is 1. The quantitative estimate of drug-likeness (QED) is 0.898. The zero-order chi connectivity index (χ0) is 13.2. The lowest BCUT2D eigenvalue weighted by molar-refractivity contribution is 0.626. The summed E-state index contributed by atoms with van der Waals surface area (Å²) in [5.41, 5.74) is 2.55. The molecule has 1 unspecified atom stereocenters. The Morgan fingerprint density at radius 2 is 2.16 bits per heavy atom. The van der Waals surface area contributed by atoms with Crippen molar-refractivity contribution < 1.29 is 4.39 Å². The zero-order valence-corrected chi connectivity index (χ0v) is 11.1. The van der Waals surface area contributed by atoms with Crippen LogP contribution in [-0.2, 0) is 0 Å². The van der Waals surface area contributed by atoms with Gasteiger partial charge in [0, 0.05) is 11.6 Å². The molecule has 1 aromatic heterocycles. The number of nitrogens with zero attached hydrogens (tertiary/aromatic N) is 1. The first-order chi connectivity index (χ1) is 9.24. The molecule has 0 aliphatic carbocycles. The summed E-state index contributed by atoms with van der Waals surface area (Å²) in [5, 5.41) is 3.55. The molecule has 2 aromatic rings. The van der Waals surface area contributed by atoms with Crippen LogP contribution in [0.1, 0.15) is 24.6 Å². The van der Waals surface area contributed by atoms with Gasteiger partial charge in [-0.25, -0.2) is 4.39 Å². The van der Waals surface area contributed by atoms with Gasteiger partial charge in [0.25, 0.3) is 0 Å². The Labute approximate surface area is 116 Å². The van der Waals surface area contributed by atoms with Crippen molar-refractivity contribution in [2.24, 2.45) is 0 Å². The van der Waals surface area contributed by atoms with E-state index in [1.165, 1.54) is 12.5 Å². The Morgan fingerprint density at radius 3 is 2.89 bits per heavy atom. The third-order valence-corrected chi connectivity index (χ3v) is 3.71. The molecule has 0 spiro atoms. The molecule has 1 aromatic carbocycles. The standard InChI is InChI=1S/C15H14ClFN2/c16-11-7-6-10(9-12(11)17)13-3-1-4-15(19-13)14-5-2-8-18-14/h1,3-4,6-7,9,14,18H,2,5,8H2. The lowest BCUT2D eigenvalue weighted by Crippen LogP contribution is -2.14. The van der Waals surface area contributed by atoms with E-state index in [2.05, 4.69) is 10.3 Å². The Morgan fingerprint density at radius 1 is 1.26 bits per heavy atom. The molecule has 98 valence electrons. The molecule has 3 rings (SSSR count). The van der Waals surface area contributed by atoms with Gasteiger partial charge in [0.1, 0.15) is 5.82 Å². The average molecular weight is 277 g/mol. The molecule has 0 radical (unpaired) electrons. The van der Waals surface area contributed by atoms with E-state index in [1.54, 1.807) is 12.1 Å². The maximum atomic E-state index is 13.5. The van der Waals surface area contributed by atoms with E-state index in [-0.39, 0.29) is 5.02 Å². The van der Waals surface area contributed by atoms with Crippen molar-refractivity contribution in [3.63, 3.8) is 0 Å². The van der Waals surface area contributed by atoms with Crippen LogP contribution in [0.2, 0.25) is 5.02 Å². The van der Waals surface area contributed by atoms with Crippen LogP contribution < -0.4 is 5.32 Å². The minimum Gasteiger partial charge on any atom is -0.309 e. The molecule has 4 heteroatoms. The maximum Gasteiger partial charge on any atom is 0.142 e. The van der Waals surface area contributed by atoms with Gasteiger partial charge in [-0.1, -0.05) is 23.7 Å². The van der Waals surface area contributed by atoms with Crippen molar-refractivity contribution in [2.45, 2.75) is 18.9 Å². The summed E-state index contributed by atoms with van der Waals surface area (Å²) < 4.78 is 13.5. The molecule has 0 bridgehead atoms. The van der Waals surface area contributed by atoms with Gasteiger partial charge in [0.2, 0.25) is 0 Å². The van der Waals surface area contributed by atoms with Crippen molar-refractivity contribution in [1.82, 2.24) is 10.3 Å². The van der Waals surface area contributed by atoms with Gasteiger partial charge in [0.15, 0.2) is 0 Å². The maximum absolute atomic E-state index is 13.5. The van der Waals surface area contributed by atoms with Crippen LogP contribution in [0, 0.1) is 5.82 Å². The number of halogens is 2. The van der Waals surface area contributed by atoms with Gasteiger partial charge < -0.3 is 5.32 Å². The number of hydrogen-bond acceptors (Lipinski definition) is 2. The number of benzene rings is 1. The predicted octanol–water partition coefficient (Wildman–Crippen LogP) is 3.97. The van der Waals surface area contributed by atoms with Crippen LogP contribution in [0.15, 0.2) is 36.4 Å². The summed E-state index contributed by atoms with van der Waals surface area (Å²) in [7, 11) is 0. The normalized spacial score (nSPS) is 18.7. The lowest BCUT2D eigenvalue weighted by atomic mass is 10.1. The second-order valence-electron chi connectivity index (χ2n) is 4.73. The van der Waals surface area contributed by atoms with Crippen LogP contribution in [0.25, 0.3) is 11.3 Å². The van der Waals surface area contributed by atoms with Crippen molar-refractivity contribution in [3.05, 3.63) is 52.9 Å². The molecule has 2 nitrogen and oxygen atoms in total. The number of pyridine rings is 1. The number of rotatable bonds is 2. The molecule has 1 aliphatic heterocycles. The number of nitrogens with one attached hydrogen (secondary N) is 1. The average Bonchev–Trinajstić information content (AvgIpc) is 2.96. The Balaban J connectivity index is 1.95. The molecule has 19 heavy (non-hydrogen) atoms. The van der Waals surface area contributed by atoms with Crippen LogP contribution >= 0.6 is 11.6 Å². The number of aromatic nitrogens is 1. The molecular weight excluding hydrogens is 263 g/mol. The summed E-state index contributed by atoms with van der Waals surface area (Å²) in [6, 6.07) is 11.0. The monoisotopic (exact) mass is 276 g/mol. The van der Waals surface area contributed by atoms with Crippen LogP contribution in [-0.4, -0.2) is 11.5 Å². The predicted molar refractivity (Wildman–Crippen MR) is 74.6 cm³/mol. The second-order valence-corrected chi connectivity index (χ2v) is 5.13. The van der Waals surface area contributed by atoms with Gasteiger partial charge in [-0.15, -0.1) is 0 Å². The van der Waals surface area contributed by atoms with Crippen molar-refractivity contribution in [1.29, 1.82) is 0 Å². The fraction of sp³-hybridized carbons (Fsp3) is 0.267. The van der Waals surface area contributed by atoms with E-state index in [0.29, 0.717) is 6.04 Å². The second kappa shape index (κ2) is 5.27. The van der Waals surface area contributed by atoms with Gasteiger partial charge in [-0.2, -0.15) is 0 Å². The van der Waals surface area contributed by atoms with Crippen molar-refractivity contribution in [3.8, 4) is 11.3 Å². The van der Waals surface area contributed by atoms with Crippen molar-refractivity contribution in [2.75, 3.05) is 6.54 Å². The van der Waals surface area contributed by atoms with Gasteiger partial charge in [-0.05, 0) is 43.7 Å². The highest BCUT2D eigenvalue weighted by molar-refractivity contribution is 6.30. The zero-order valence-electron chi connectivity index (χ0n) is 10.4. The summed E-state index contributed by atoms with van der Waals surface area (Å²) in [5.74, 6) is -0.412. The van der Waals surface area contributed by atoms with E-state index in [1.807, 2.05) is 18.2 Å². The SMILES string of the molecule is Fc1cc(-c2cccc(C3CCCN3)n2)ccc1Cl. The topological polar surface area (TPSA) is 24.9 Å². The summed E-state index contributed by atoms with van der Waals surface area (Å²) in [4.78, 5) is 4.62. The van der Waals surface area contributed by atoms with Gasteiger partial charge >= 0.3 is 0 Å². The summed E-state index contributed by atoms with van der Waals surface area (Å²) in [6.07, 6.45) is 2.28. The first-order valence-corrected chi connectivity index (χ1v) is 6.77. The summed E-state index contributed by atoms with van der Waals surface area (Å²) >= 11 is 5.70. The first kappa shape index (κ1) is 12.6. The smallest absolute Gasteiger partial charge is 0.142 e. The van der Waals surface area contributed by atoms with E-state index < -0.39 is 5.82 Å². The highest BCUT2D eigenvalue weighted by Crippen LogP contribution is 2.26. The molecule has 1 aliphatic rings.